The largest absolute Gasteiger partial charge is 0.338 e. The van der Waals surface area contributed by atoms with Gasteiger partial charge in [0.25, 0.3) is 0 Å². The Balaban J connectivity index is 1.89. The van der Waals surface area contributed by atoms with Crippen LogP contribution in [0.5, 0.6) is 0 Å². The minimum atomic E-state index is -0.235. The highest BCUT2D eigenvalue weighted by Crippen LogP contribution is 2.26. The van der Waals surface area contributed by atoms with Crippen molar-refractivity contribution in [2.24, 2.45) is 17.6 Å². The van der Waals surface area contributed by atoms with Crippen molar-refractivity contribution in [1.29, 1.82) is 0 Å². The quantitative estimate of drug-likeness (QED) is 0.847. The number of amides is 1. The molecule has 0 radical (unpaired) electrons. The average molecular weight is 324 g/mol. The van der Waals surface area contributed by atoms with Gasteiger partial charge in [0.15, 0.2) is 0 Å². The summed E-state index contributed by atoms with van der Waals surface area (Å²) in [6, 6.07) is 6.58. The molecule has 1 saturated heterocycles. The van der Waals surface area contributed by atoms with Gasteiger partial charge in [-0.15, -0.1) is 11.8 Å². The Hall–Kier alpha value is -1.07. The maximum atomic E-state index is 12.9. The highest BCUT2D eigenvalue weighted by molar-refractivity contribution is 7.99. The Morgan fingerprint density at radius 1 is 1.45 bits per heavy atom. The van der Waals surface area contributed by atoms with E-state index < -0.39 is 0 Å². The fourth-order valence-electron chi connectivity index (χ4n) is 2.87. The molecule has 1 aliphatic heterocycles. The van der Waals surface area contributed by atoms with Crippen LogP contribution in [0.3, 0.4) is 0 Å². The van der Waals surface area contributed by atoms with Crippen LogP contribution in [0.1, 0.15) is 26.7 Å². The molecule has 3 unspecified atom stereocenters. The first-order valence-corrected chi connectivity index (χ1v) is 8.88. The molecule has 3 nitrogen and oxygen atoms in total. The van der Waals surface area contributed by atoms with Gasteiger partial charge in [-0.3, -0.25) is 4.79 Å². The van der Waals surface area contributed by atoms with E-state index in [0.29, 0.717) is 18.2 Å². The average Bonchev–Trinajstić information content (AvgIpc) is 2.53. The SMILES string of the molecule is CC1CCN(C(=O)C(C)CSc2ccc(F)cc2)C(CN)C1. The predicted molar refractivity (Wildman–Crippen MR) is 89.2 cm³/mol. The topological polar surface area (TPSA) is 46.3 Å². The number of halogens is 1. The first-order chi connectivity index (χ1) is 10.5. The molecular formula is C17H25FN2OS. The molecule has 5 heteroatoms. The molecule has 0 aromatic heterocycles. The molecule has 0 saturated carbocycles. The molecule has 1 amide bonds. The Kier molecular flexibility index (Phi) is 6.26. The van der Waals surface area contributed by atoms with Gasteiger partial charge in [0.05, 0.1) is 0 Å². The molecule has 3 atom stereocenters. The zero-order valence-corrected chi connectivity index (χ0v) is 14.1. The maximum absolute atomic E-state index is 12.9. The number of hydrogen-bond acceptors (Lipinski definition) is 3. The van der Waals surface area contributed by atoms with Crippen LogP contribution in [0.4, 0.5) is 4.39 Å². The second kappa shape index (κ2) is 7.97. The number of likely N-dealkylation sites (tertiary alicyclic amines) is 1. The summed E-state index contributed by atoms with van der Waals surface area (Å²) in [7, 11) is 0. The molecule has 1 heterocycles. The second-order valence-electron chi connectivity index (χ2n) is 6.22. The van der Waals surface area contributed by atoms with Gasteiger partial charge < -0.3 is 10.6 Å². The first kappa shape index (κ1) is 17.3. The highest BCUT2D eigenvalue weighted by atomic mass is 32.2. The van der Waals surface area contributed by atoms with Crippen molar-refractivity contribution < 1.29 is 9.18 Å². The van der Waals surface area contributed by atoms with Gasteiger partial charge in [-0.05, 0) is 43.0 Å². The number of nitrogens with zero attached hydrogens (tertiary/aromatic N) is 1. The smallest absolute Gasteiger partial charge is 0.226 e. The van der Waals surface area contributed by atoms with Crippen molar-refractivity contribution in [2.45, 2.75) is 37.6 Å². The van der Waals surface area contributed by atoms with Crippen molar-refractivity contribution in [2.75, 3.05) is 18.8 Å². The van der Waals surface area contributed by atoms with Gasteiger partial charge in [-0.1, -0.05) is 13.8 Å². The van der Waals surface area contributed by atoms with Gasteiger partial charge >= 0.3 is 0 Å². The van der Waals surface area contributed by atoms with Crippen LogP contribution in [0.15, 0.2) is 29.2 Å². The van der Waals surface area contributed by atoms with Crippen molar-refractivity contribution in [1.82, 2.24) is 4.90 Å². The first-order valence-electron chi connectivity index (χ1n) is 7.90. The van der Waals surface area contributed by atoms with Crippen LogP contribution in [0.25, 0.3) is 0 Å². The Morgan fingerprint density at radius 3 is 2.77 bits per heavy atom. The van der Waals surface area contributed by atoms with E-state index in [0.717, 1.165) is 24.3 Å². The molecule has 1 fully saturated rings. The number of benzene rings is 1. The number of carbonyl (C=O) groups is 1. The van der Waals surface area contributed by atoms with E-state index in [1.807, 2.05) is 11.8 Å². The van der Waals surface area contributed by atoms with E-state index >= 15 is 0 Å². The van der Waals surface area contributed by atoms with E-state index in [4.69, 9.17) is 5.73 Å². The van der Waals surface area contributed by atoms with Gasteiger partial charge in [-0.25, -0.2) is 4.39 Å². The molecular weight excluding hydrogens is 299 g/mol. The minimum absolute atomic E-state index is 0.0579. The lowest BCUT2D eigenvalue weighted by atomic mass is 9.91. The summed E-state index contributed by atoms with van der Waals surface area (Å²) >= 11 is 1.59. The molecule has 2 N–H and O–H groups in total. The molecule has 2 rings (SSSR count). The number of rotatable bonds is 5. The third kappa shape index (κ3) is 4.46. The molecule has 0 spiro atoms. The summed E-state index contributed by atoms with van der Waals surface area (Å²) in [5.41, 5.74) is 5.84. The number of hydrogen-bond donors (Lipinski definition) is 1. The van der Waals surface area contributed by atoms with E-state index in [-0.39, 0.29) is 23.7 Å². The summed E-state index contributed by atoms with van der Waals surface area (Å²) in [6.07, 6.45) is 2.06. The molecule has 0 bridgehead atoms. The lowest BCUT2D eigenvalue weighted by molar-refractivity contribution is -0.138. The van der Waals surface area contributed by atoms with E-state index in [1.165, 1.54) is 12.1 Å². The Labute approximate surface area is 136 Å². The summed E-state index contributed by atoms with van der Waals surface area (Å²) in [5, 5.41) is 0. The van der Waals surface area contributed by atoms with Crippen molar-refractivity contribution in [3.8, 4) is 0 Å². The number of carbonyl (C=O) groups excluding carboxylic acids is 1. The molecule has 22 heavy (non-hydrogen) atoms. The summed E-state index contributed by atoms with van der Waals surface area (Å²) in [6.45, 7) is 5.53. The van der Waals surface area contributed by atoms with Gasteiger partial charge in [0.2, 0.25) is 5.91 Å². The lowest BCUT2D eigenvalue weighted by Crippen LogP contribution is -2.51. The zero-order valence-electron chi connectivity index (χ0n) is 13.3. The van der Waals surface area contributed by atoms with E-state index in [9.17, 15) is 9.18 Å². The number of nitrogens with two attached hydrogens (primary N) is 1. The van der Waals surface area contributed by atoms with Crippen LogP contribution >= 0.6 is 11.8 Å². The van der Waals surface area contributed by atoms with Gasteiger partial charge in [0.1, 0.15) is 5.82 Å². The fourth-order valence-corrected chi connectivity index (χ4v) is 3.79. The second-order valence-corrected chi connectivity index (χ2v) is 7.31. The highest BCUT2D eigenvalue weighted by Gasteiger charge is 2.31. The summed E-state index contributed by atoms with van der Waals surface area (Å²) in [4.78, 5) is 15.6. The zero-order chi connectivity index (χ0) is 16.1. The van der Waals surface area contributed by atoms with Gasteiger partial charge in [-0.2, -0.15) is 0 Å². The monoisotopic (exact) mass is 324 g/mol. The minimum Gasteiger partial charge on any atom is -0.338 e. The van der Waals surface area contributed by atoms with Crippen LogP contribution in [0, 0.1) is 17.7 Å². The Bertz CT molecular complexity index is 494. The molecule has 122 valence electrons. The predicted octanol–water partition coefficient (Wildman–Crippen LogP) is 3.14. The lowest BCUT2D eigenvalue weighted by Gasteiger charge is -2.39. The third-order valence-electron chi connectivity index (χ3n) is 4.27. The maximum Gasteiger partial charge on any atom is 0.226 e. The standard InChI is InChI=1S/C17H25FN2OS/c1-12-7-8-20(15(9-12)10-19)17(21)13(2)11-22-16-5-3-14(18)4-6-16/h3-6,12-13,15H,7-11,19H2,1-2H3. The third-order valence-corrected chi connectivity index (χ3v) is 5.54. The summed E-state index contributed by atoms with van der Waals surface area (Å²) in [5.74, 6) is 1.24. The number of thioether (sulfide) groups is 1. The molecule has 1 aromatic carbocycles. The van der Waals surface area contributed by atoms with Crippen molar-refractivity contribution >= 4 is 17.7 Å². The van der Waals surface area contributed by atoms with Crippen LogP contribution in [-0.2, 0) is 4.79 Å². The van der Waals surface area contributed by atoms with Crippen molar-refractivity contribution in [3.63, 3.8) is 0 Å². The Morgan fingerprint density at radius 2 is 2.14 bits per heavy atom. The normalized spacial score (nSPS) is 23.4. The van der Waals surface area contributed by atoms with E-state index in [1.54, 1.807) is 23.9 Å². The van der Waals surface area contributed by atoms with Crippen LogP contribution < -0.4 is 5.73 Å². The van der Waals surface area contributed by atoms with Crippen LogP contribution in [0.2, 0.25) is 0 Å². The number of piperidine rings is 1. The van der Waals surface area contributed by atoms with E-state index in [2.05, 4.69) is 6.92 Å². The molecule has 1 aliphatic rings. The van der Waals surface area contributed by atoms with Crippen LogP contribution in [-0.4, -0.2) is 35.7 Å². The summed E-state index contributed by atoms with van der Waals surface area (Å²) < 4.78 is 12.9. The fraction of sp³-hybridized carbons (Fsp3) is 0.588. The van der Waals surface area contributed by atoms with Crippen molar-refractivity contribution in [3.05, 3.63) is 30.1 Å². The van der Waals surface area contributed by atoms with Gasteiger partial charge in [0, 0.05) is 35.7 Å². The molecule has 1 aromatic rings. The molecule has 0 aliphatic carbocycles.